The smallest absolute Gasteiger partial charge is 0.233 e. The number of carbonyl (C=O) groups is 1. The van der Waals surface area contributed by atoms with Gasteiger partial charge in [-0.3, -0.25) is 4.79 Å². The van der Waals surface area contributed by atoms with Crippen molar-refractivity contribution in [3.8, 4) is 5.88 Å². The molecule has 1 aliphatic heterocycles. The Kier molecular flexibility index (Phi) is 6.04. The zero-order valence-electron chi connectivity index (χ0n) is 12.3. The summed E-state index contributed by atoms with van der Waals surface area (Å²) in [5, 5.41) is 8.20. The first-order chi connectivity index (χ1) is 10.2. The Labute approximate surface area is 130 Å². The number of aromatic nitrogens is 2. The van der Waals surface area contributed by atoms with Crippen LogP contribution in [0.1, 0.15) is 19.8 Å². The number of hydrogen-bond donors (Lipinski definition) is 0. The molecule has 0 unspecified atom stereocenters. The van der Waals surface area contributed by atoms with Gasteiger partial charge in [-0.15, -0.1) is 21.8 Å². The van der Waals surface area contributed by atoms with Crippen molar-refractivity contribution in [2.75, 3.05) is 43.6 Å². The molecule has 1 aliphatic rings. The van der Waals surface area contributed by atoms with Crippen molar-refractivity contribution >= 4 is 23.3 Å². The Bertz CT molecular complexity index is 447. The minimum atomic E-state index is 0.188. The number of anilines is 1. The Morgan fingerprint density at radius 3 is 2.62 bits per heavy atom. The average molecular weight is 313 g/mol. The highest BCUT2D eigenvalue weighted by Gasteiger charge is 2.21. The molecule has 0 aliphatic carbocycles. The van der Waals surface area contributed by atoms with Crippen molar-refractivity contribution in [2.45, 2.75) is 19.8 Å². The van der Waals surface area contributed by atoms with E-state index in [-0.39, 0.29) is 5.91 Å². The zero-order valence-corrected chi connectivity index (χ0v) is 13.1. The maximum absolute atomic E-state index is 11.9. The lowest BCUT2D eigenvalue weighted by Gasteiger charge is -2.35. The average Bonchev–Trinajstić information content (AvgIpc) is 2.54. The molecule has 1 amide bonds. The minimum Gasteiger partial charge on any atom is -0.477 e. The van der Waals surface area contributed by atoms with E-state index in [1.54, 1.807) is 0 Å². The van der Waals surface area contributed by atoms with Crippen molar-refractivity contribution in [3.05, 3.63) is 12.1 Å². The Morgan fingerprint density at radius 2 is 2.05 bits per heavy atom. The predicted octanol–water partition coefficient (Wildman–Crippen LogP) is 1.54. The lowest BCUT2D eigenvalue weighted by molar-refractivity contribution is -0.131. The highest BCUT2D eigenvalue weighted by Crippen LogP contribution is 2.15. The van der Waals surface area contributed by atoms with Gasteiger partial charge < -0.3 is 14.5 Å². The topological polar surface area (TPSA) is 58.6 Å². The molecular weight excluding hydrogens is 292 g/mol. The van der Waals surface area contributed by atoms with E-state index in [0.717, 1.165) is 38.4 Å². The molecule has 7 heteroatoms. The van der Waals surface area contributed by atoms with Crippen LogP contribution in [0.15, 0.2) is 12.1 Å². The summed E-state index contributed by atoms with van der Waals surface area (Å²) in [5.41, 5.74) is 0. The SMILES string of the molecule is CCOc1ccc(N2CCN(C(=O)CCCCl)CC2)nn1. The molecule has 6 nitrogen and oxygen atoms in total. The first-order valence-electron chi connectivity index (χ1n) is 7.29. The normalized spacial score (nSPS) is 15.1. The van der Waals surface area contributed by atoms with E-state index in [1.165, 1.54) is 0 Å². The fourth-order valence-corrected chi connectivity index (χ4v) is 2.40. The third-order valence-corrected chi connectivity index (χ3v) is 3.67. The van der Waals surface area contributed by atoms with Crippen molar-refractivity contribution in [2.24, 2.45) is 0 Å². The van der Waals surface area contributed by atoms with E-state index in [4.69, 9.17) is 16.3 Å². The highest BCUT2D eigenvalue weighted by molar-refractivity contribution is 6.17. The Hall–Kier alpha value is -1.56. The van der Waals surface area contributed by atoms with Crippen LogP contribution in [0.5, 0.6) is 5.88 Å². The first-order valence-corrected chi connectivity index (χ1v) is 7.83. The molecule has 0 saturated carbocycles. The molecule has 2 heterocycles. The lowest BCUT2D eigenvalue weighted by Crippen LogP contribution is -2.49. The van der Waals surface area contributed by atoms with Crippen LogP contribution < -0.4 is 9.64 Å². The summed E-state index contributed by atoms with van der Waals surface area (Å²) in [7, 11) is 0. The van der Waals surface area contributed by atoms with E-state index in [1.807, 2.05) is 24.0 Å². The molecule has 1 saturated heterocycles. The molecule has 116 valence electrons. The third-order valence-electron chi connectivity index (χ3n) is 3.40. The molecule has 0 aromatic carbocycles. The second-order valence-electron chi connectivity index (χ2n) is 4.82. The van der Waals surface area contributed by atoms with Crippen LogP contribution in [0.3, 0.4) is 0 Å². The monoisotopic (exact) mass is 312 g/mol. The predicted molar refractivity (Wildman–Crippen MR) is 81.9 cm³/mol. The summed E-state index contributed by atoms with van der Waals surface area (Å²) in [5.74, 6) is 2.09. The Morgan fingerprint density at radius 1 is 1.29 bits per heavy atom. The van der Waals surface area contributed by atoms with Gasteiger partial charge in [-0.1, -0.05) is 0 Å². The van der Waals surface area contributed by atoms with Crippen LogP contribution in [0.25, 0.3) is 0 Å². The molecule has 1 aromatic heterocycles. The van der Waals surface area contributed by atoms with E-state index in [2.05, 4.69) is 15.1 Å². The maximum Gasteiger partial charge on any atom is 0.233 e. The molecule has 1 fully saturated rings. The second-order valence-corrected chi connectivity index (χ2v) is 5.20. The van der Waals surface area contributed by atoms with Gasteiger partial charge in [0.05, 0.1) is 6.61 Å². The van der Waals surface area contributed by atoms with Crippen LogP contribution in [-0.2, 0) is 4.79 Å². The van der Waals surface area contributed by atoms with Gasteiger partial charge >= 0.3 is 0 Å². The van der Waals surface area contributed by atoms with Crippen LogP contribution >= 0.6 is 11.6 Å². The Balaban J connectivity index is 1.84. The fourth-order valence-electron chi connectivity index (χ4n) is 2.27. The quantitative estimate of drug-likeness (QED) is 0.746. The number of piperazine rings is 1. The molecule has 21 heavy (non-hydrogen) atoms. The van der Waals surface area contributed by atoms with Gasteiger partial charge in [-0.2, -0.15) is 0 Å². The largest absolute Gasteiger partial charge is 0.477 e. The van der Waals surface area contributed by atoms with Crippen LogP contribution in [0, 0.1) is 0 Å². The molecule has 0 atom stereocenters. The molecule has 0 radical (unpaired) electrons. The molecule has 0 spiro atoms. The maximum atomic E-state index is 11.9. The van der Waals surface area contributed by atoms with Crippen LogP contribution in [-0.4, -0.2) is 59.7 Å². The number of ether oxygens (including phenoxy) is 1. The van der Waals surface area contributed by atoms with Gasteiger partial charge in [0.2, 0.25) is 11.8 Å². The highest BCUT2D eigenvalue weighted by atomic mass is 35.5. The summed E-state index contributed by atoms with van der Waals surface area (Å²) in [6.07, 6.45) is 1.28. The lowest BCUT2D eigenvalue weighted by atomic mass is 10.2. The zero-order chi connectivity index (χ0) is 15.1. The number of carbonyl (C=O) groups excluding carboxylic acids is 1. The molecule has 2 rings (SSSR count). The van der Waals surface area contributed by atoms with Crippen molar-refractivity contribution < 1.29 is 9.53 Å². The number of nitrogens with zero attached hydrogens (tertiary/aromatic N) is 4. The molecule has 1 aromatic rings. The number of hydrogen-bond acceptors (Lipinski definition) is 5. The van der Waals surface area contributed by atoms with E-state index in [0.29, 0.717) is 24.8 Å². The van der Waals surface area contributed by atoms with E-state index >= 15 is 0 Å². The van der Waals surface area contributed by atoms with Gasteiger partial charge in [0.15, 0.2) is 5.82 Å². The summed E-state index contributed by atoms with van der Waals surface area (Å²) >= 11 is 5.62. The number of alkyl halides is 1. The summed E-state index contributed by atoms with van der Waals surface area (Å²) < 4.78 is 5.28. The van der Waals surface area contributed by atoms with Gasteiger partial charge in [-0.25, -0.2) is 0 Å². The number of rotatable bonds is 6. The number of amides is 1. The van der Waals surface area contributed by atoms with Gasteiger partial charge in [0.1, 0.15) is 0 Å². The van der Waals surface area contributed by atoms with E-state index < -0.39 is 0 Å². The van der Waals surface area contributed by atoms with E-state index in [9.17, 15) is 4.79 Å². The van der Waals surface area contributed by atoms with Crippen LogP contribution in [0.4, 0.5) is 5.82 Å². The van der Waals surface area contributed by atoms with Gasteiger partial charge in [0, 0.05) is 44.5 Å². The van der Waals surface area contributed by atoms with Crippen molar-refractivity contribution in [1.29, 1.82) is 0 Å². The first kappa shape index (κ1) is 15.8. The standard InChI is InChI=1S/C14H21ClN4O2/c1-2-21-13-6-5-12(16-17-13)18-8-10-19(11-9-18)14(20)4-3-7-15/h5-6H,2-4,7-11H2,1H3. The van der Waals surface area contributed by atoms with Gasteiger partial charge in [-0.05, 0) is 19.4 Å². The third kappa shape index (κ3) is 4.46. The summed E-state index contributed by atoms with van der Waals surface area (Å²) in [6.45, 7) is 5.48. The van der Waals surface area contributed by atoms with Crippen molar-refractivity contribution in [3.63, 3.8) is 0 Å². The second kappa shape index (κ2) is 8.02. The molecular formula is C14H21ClN4O2. The summed E-state index contributed by atoms with van der Waals surface area (Å²) in [6, 6.07) is 3.73. The summed E-state index contributed by atoms with van der Waals surface area (Å²) in [4.78, 5) is 15.9. The fraction of sp³-hybridized carbons (Fsp3) is 0.643. The van der Waals surface area contributed by atoms with Crippen LogP contribution in [0.2, 0.25) is 0 Å². The molecule has 0 N–H and O–H groups in total. The molecule has 0 bridgehead atoms. The minimum absolute atomic E-state index is 0.188. The van der Waals surface area contributed by atoms with Crippen molar-refractivity contribution in [1.82, 2.24) is 15.1 Å². The van der Waals surface area contributed by atoms with Gasteiger partial charge in [0.25, 0.3) is 0 Å². The number of halogens is 1.